The first kappa shape index (κ1) is 23.1. The molecule has 2 aromatic heterocycles. The van der Waals surface area contributed by atoms with Crippen LogP contribution >= 0.6 is 11.3 Å². The van der Waals surface area contributed by atoms with Crippen molar-refractivity contribution in [3.63, 3.8) is 0 Å². The molecule has 0 aliphatic rings. The van der Waals surface area contributed by atoms with E-state index in [4.69, 9.17) is 4.98 Å². The standard InChI is InChI=1S/C25H25N3O3S2/c1-16(2)33(30,31)21-9-5-8-20(13-21)24(29)28(15-19-7-6-10-26-14-19)25-27-23-18(4)11-17(3)12-22(23)32-25/h5-14,16H,15H2,1-4H3. The maximum Gasteiger partial charge on any atom is 0.260 e. The summed E-state index contributed by atoms with van der Waals surface area (Å²) in [6.45, 7) is 7.57. The second kappa shape index (κ2) is 9.03. The fourth-order valence-electron chi connectivity index (χ4n) is 3.61. The van der Waals surface area contributed by atoms with E-state index in [1.54, 1.807) is 43.3 Å². The van der Waals surface area contributed by atoms with Crippen LogP contribution in [0.3, 0.4) is 0 Å². The molecule has 4 aromatic rings. The molecule has 0 spiro atoms. The van der Waals surface area contributed by atoms with Gasteiger partial charge in [0.25, 0.3) is 5.91 Å². The van der Waals surface area contributed by atoms with Crippen LogP contribution in [-0.2, 0) is 16.4 Å². The molecule has 0 N–H and O–H groups in total. The molecule has 0 aliphatic heterocycles. The molecule has 0 unspecified atom stereocenters. The highest BCUT2D eigenvalue weighted by atomic mass is 32.2. The zero-order chi connectivity index (χ0) is 23.8. The highest BCUT2D eigenvalue weighted by molar-refractivity contribution is 7.92. The number of carbonyl (C=O) groups is 1. The summed E-state index contributed by atoms with van der Waals surface area (Å²) in [7, 11) is -3.51. The topological polar surface area (TPSA) is 80.2 Å². The SMILES string of the molecule is Cc1cc(C)c2nc(N(Cc3cccnc3)C(=O)c3cccc(S(=O)(=O)C(C)C)c3)sc2c1. The number of hydrogen-bond donors (Lipinski definition) is 0. The summed E-state index contributed by atoms with van der Waals surface area (Å²) < 4.78 is 26.4. The van der Waals surface area contributed by atoms with Gasteiger partial charge in [0.15, 0.2) is 15.0 Å². The molecule has 33 heavy (non-hydrogen) atoms. The van der Waals surface area contributed by atoms with Crippen molar-refractivity contribution in [2.24, 2.45) is 0 Å². The number of anilines is 1. The third-order valence-electron chi connectivity index (χ3n) is 5.39. The fourth-order valence-corrected chi connectivity index (χ4v) is 5.85. The molecule has 0 aliphatic carbocycles. The molecule has 4 rings (SSSR count). The number of aryl methyl sites for hydroxylation is 2. The highest BCUT2D eigenvalue weighted by Gasteiger charge is 2.25. The van der Waals surface area contributed by atoms with E-state index in [9.17, 15) is 13.2 Å². The molecule has 8 heteroatoms. The highest BCUT2D eigenvalue weighted by Crippen LogP contribution is 2.33. The van der Waals surface area contributed by atoms with E-state index < -0.39 is 15.1 Å². The molecule has 1 amide bonds. The molecular formula is C25H25N3O3S2. The average Bonchev–Trinajstić information content (AvgIpc) is 3.22. The minimum Gasteiger partial charge on any atom is -0.279 e. The molecule has 0 saturated heterocycles. The zero-order valence-corrected chi connectivity index (χ0v) is 20.6. The van der Waals surface area contributed by atoms with Crippen LogP contribution in [0.5, 0.6) is 0 Å². The van der Waals surface area contributed by atoms with Gasteiger partial charge in [-0.1, -0.05) is 29.5 Å². The molecule has 170 valence electrons. The van der Waals surface area contributed by atoms with Gasteiger partial charge in [-0.2, -0.15) is 0 Å². The first-order valence-corrected chi connectivity index (χ1v) is 13.0. The molecule has 0 atom stereocenters. The Balaban J connectivity index is 1.81. The van der Waals surface area contributed by atoms with Crippen LogP contribution in [0.2, 0.25) is 0 Å². The lowest BCUT2D eigenvalue weighted by Crippen LogP contribution is -2.30. The average molecular weight is 480 g/mol. The summed E-state index contributed by atoms with van der Waals surface area (Å²) >= 11 is 1.45. The Morgan fingerprint density at radius 3 is 2.58 bits per heavy atom. The number of thiazole rings is 1. The van der Waals surface area contributed by atoms with Crippen molar-refractivity contribution in [1.82, 2.24) is 9.97 Å². The minimum atomic E-state index is -3.51. The molecule has 2 aromatic carbocycles. The zero-order valence-electron chi connectivity index (χ0n) is 18.9. The first-order valence-electron chi connectivity index (χ1n) is 10.6. The van der Waals surface area contributed by atoms with Crippen LogP contribution < -0.4 is 4.90 Å². The number of hydrogen-bond acceptors (Lipinski definition) is 6. The number of fused-ring (bicyclic) bond motifs is 1. The van der Waals surface area contributed by atoms with E-state index in [2.05, 4.69) is 17.1 Å². The van der Waals surface area contributed by atoms with Crippen LogP contribution in [0, 0.1) is 13.8 Å². The summed E-state index contributed by atoms with van der Waals surface area (Å²) in [5, 5.41) is -0.0190. The third kappa shape index (κ3) is 4.67. The van der Waals surface area contributed by atoms with Gasteiger partial charge in [0, 0.05) is 18.0 Å². The summed E-state index contributed by atoms with van der Waals surface area (Å²) in [5.41, 5.74) is 4.19. The van der Waals surface area contributed by atoms with Gasteiger partial charge in [0.2, 0.25) is 0 Å². The van der Waals surface area contributed by atoms with E-state index >= 15 is 0 Å². The van der Waals surface area contributed by atoms with Crippen LogP contribution in [0.15, 0.2) is 65.8 Å². The molecule has 6 nitrogen and oxygen atoms in total. The predicted octanol–water partition coefficient (Wildman–Crippen LogP) is 5.34. The monoisotopic (exact) mass is 479 g/mol. The van der Waals surface area contributed by atoms with Gasteiger partial charge in [-0.15, -0.1) is 0 Å². The predicted molar refractivity (Wildman–Crippen MR) is 133 cm³/mol. The van der Waals surface area contributed by atoms with Crippen molar-refractivity contribution in [3.8, 4) is 0 Å². The second-order valence-corrected chi connectivity index (χ2v) is 11.8. The summed E-state index contributed by atoms with van der Waals surface area (Å²) in [6, 6.07) is 14.1. The van der Waals surface area contributed by atoms with Gasteiger partial charge in [-0.05, 0) is 74.7 Å². The number of benzene rings is 2. The minimum absolute atomic E-state index is 0.139. The Morgan fingerprint density at radius 1 is 1.09 bits per heavy atom. The molecule has 0 saturated carbocycles. The van der Waals surface area contributed by atoms with Gasteiger partial charge < -0.3 is 0 Å². The van der Waals surface area contributed by atoms with Gasteiger partial charge >= 0.3 is 0 Å². The molecule has 0 fully saturated rings. The van der Waals surface area contributed by atoms with Crippen molar-refractivity contribution in [2.45, 2.75) is 44.4 Å². The summed E-state index contributed by atoms with van der Waals surface area (Å²) in [5.74, 6) is -0.312. The summed E-state index contributed by atoms with van der Waals surface area (Å²) in [4.78, 5) is 24.4. The van der Waals surface area contributed by atoms with E-state index in [1.807, 2.05) is 26.0 Å². The number of rotatable bonds is 6. The molecule has 0 radical (unpaired) electrons. The largest absolute Gasteiger partial charge is 0.279 e. The lowest BCUT2D eigenvalue weighted by molar-refractivity contribution is 0.0985. The van der Waals surface area contributed by atoms with E-state index in [1.165, 1.54) is 23.5 Å². The molecular weight excluding hydrogens is 454 g/mol. The maximum absolute atomic E-state index is 13.7. The van der Waals surface area contributed by atoms with Crippen molar-refractivity contribution < 1.29 is 13.2 Å². The van der Waals surface area contributed by atoms with Crippen LogP contribution in [0.1, 0.15) is 40.9 Å². The number of amides is 1. The van der Waals surface area contributed by atoms with Crippen molar-refractivity contribution >= 4 is 42.4 Å². The summed E-state index contributed by atoms with van der Waals surface area (Å²) in [6.07, 6.45) is 3.39. The van der Waals surface area contributed by atoms with Crippen LogP contribution in [-0.4, -0.2) is 29.5 Å². The second-order valence-electron chi connectivity index (χ2n) is 8.30. The Labute approximate surface area is 197 Å². The fraction of sp³-hybridized carbons (Fsp3) is 0.240. The normalized spacial score (nSPS) is 11.8. The quantitative estimate of drug-likeness (QED) is 0.373. The Hall–Kier alpha value is -3.10. The van der Waals surface area contributed by atoms with Gasteiger partial charge in [0.05, 0.1) is 26.9 Å². The van der Waals surface area contributed by atoms with E-state index in [0.29, 0.717) is 10.7 Å². The molecule has 2 heterocycles. The Kier molecular flexibility index (Phi) is 6.32. The van der Waals surface area contributed by atoms with Gasteiger partial charge in [-0.3, -0.25) is 14.7 Å². The molecule has 0 bridgehead atoms. The lowest BCUT2D eigenvalue weighted by atomic mass is 10.1. The number of nitrogens with zero attached hydrogens (tertiary/aromatic N) is 3. The number of pyridine rings is 1. The van der Waals surface area contributed by atoms with Crippen LogP contribution in [0.25, 0.3) is 10.2 Å². The first-order chi connectivity index (χ1) is 15.7. The van der Waals surface area contributed by atoms with Gasteiger partial charge in [-0.25, -0.2) is 13.4 Å². The number of carbonyl (C=O) groups excluding carboxylic acids is 1. The lowest BCUT2D eigenvalue weighted by Gasteiger charge is -2.20. The van der Waals surface area contributed by atoms with E-state index in [0.717, 1.165) is 26.9 Å². The number of aromatic nitrogens is 2. The Bertz CT molecular complexity index is 1430. The van der Waals surface area contributed by atoms with E-state index in [-0.39, 0.29) is 17.3 Å². The maximum atomic E-state index is 13.7. The van der Waals surface area contributed by atoms with Crippen molar-refractivity contribution in [2.75, 3.05) is 4.90 Å². The number of sulfone groups is 1. The third-order valence-corrected chi connectivity index (χ3v) is 8.57. The van der Waals surface area contributed by atoms with Crippen molar-refractivity contribution in [3.05, 3.63) is 83.2 Å². The van der Waals surface area contributed by atoms with Crippen LogP contribution in [0.4, 0.5) is 5.13 Å². The Morgan fingerprint density at radius 2 is 1.88 bits per heavy atom. The smallest absolute Gasteiger partial charge is 0.260 e. The van der Waals surface area contributed by atoms with Gasteiger partial charge in [0.1, 0.15) is 0 Å². The van der Waals surface area contributed by atoms with Crippen molar-refractivity contribution in [1.29, 1.82) is 0 Å².